The number of furan rings is 1. The van der Waals surface area contributed by atoms with Crippen LogP contribution >= 0.6 is 11.8 Å². The van der Waals surface area contributed by atoms with Gasteiger partial charge in [-0.3, -0.25) is 9.59 Å². The van der Waals surface area contributed by atoms with Crippen LogP contribution in [0.15, 0.2) is 22.8 Å². The summed E-state index contributed by atoms with van der Waals surface area (Å²) in [4.78, 5) is 26.0. The Labute approximate surface area is 135 Å². The lowest BCUT2D eigenvalue weighted by molar-refractivity contribution is -0.151. The summed E-state index contributed by atoms with van der Waals surface area (Å²) < 4.78 is 10.3. The van der Waals surface area contributed by atoms with E-state index in [2.05, 4.69) is 0 Å². The highest BCUT2D eigenvalue weighted by atomic mass is 32.2. The molecule has 1 aromatic rings. The number of esters is 1. The average molecular weight is 325 g/mol. The Hall–Kier alpha value is -1.43. The van der Waals surface area contributed by atoms with Crippen LogP contribution in [0.1, 0.15) is 32.4 Å². The van der Waals surface area contributed by atoms with E-state index in [1.807, 2.05) is 30.9 Å². The molecule has 0 aromatic carbocycles. The second-order valence-electron chi connectivity index (χ2n) is 5.38. The molecule has 1 amide bonds. The SMILES string of the molecule is CCOC(=O)C1CCN(C(=O)C(C)SCc2ccco2)CC1. The maximum Gasteiger partial charge on any atom is 0.309 e. The van der Waals surface area contributed by atoms with E-state index in [0.717, 1.165) is 5.76 Å². The molecule has 0 saturated carbocycles. The number of hydrogen-bond donors (Lipinski definition) is 0. The number of carbonyl (C=O) groups is 2. The molecule has 0 N–H and O–H groups in total. The van der Waals surface area contributed by atoms with Gasteiger partial charge in [0.05, 0.1) is 29.8 Å². The average Bonchev–Trinajstić information content (AvgIpc) is 3.05. The Bertz CT molecular complexity index is 480. The Morgan fingerprint density at radius 2 is 2.18 bits per heavy atom. The summed E-state index contributed by atoms with van der Waals surface area (Å²) in [7, 11) is 0. The lowest BCUT2D eigenvalue weighted by Gasteiger charge is -2.32. The van der Waals surface area contributed by atoms with Crippen LogP contribution in [-0.4, -0.2) is 41.7 Å². The molecule has 1 aliphatic heterocycles. The van der Waals surface area contributed by atoms with Crippen molar-refractivity contribution >= 4 is 23.6 Å². The van der Waals surface area contributed by atoms with Gasteiger partial charge in [-0.1, -0.05) is 0 Å². The van der Waals surface area contributed by atoms with Gasteiger partial charge in [0.2, 0.25) is 5.91 Å². The van der Waals surface area contributed by atoms with Crippen LogP contribution in [0.2, 0.25) is 0 Å². The third-order valence-corrected chi connectivity index (χ3v) is 4.98. The summed E-state index contributed by atoms with van der Waals surface area (Å²) in [5.41, 5.74) is 0. The first kappa shape index (κ1) is 16.9. The third-order valence-electron chi connectivity index (χ3n) is 3.83. The summed E-state index contributed by atoms with van der Waals surface area (Å²) in [6.45, 7) is 5.42. The molecule has 2 heterocycles. The number of nitrogens with zero attached hydrogens (tertiary/aromatic N) is 1. The van der Waals surface area contributed by atoms with Crippen molar-refractivity contribution in [3.63, 3.8) is 0 Å². The van der Waals surface area contributed by atoms with E-state index in [1.54, 1.807) is 18.0 Å². The van der Waals surface area contributed by atoms with Crippen LogP contribution in [0.25, 0.3) is 0 Å². The van der Waals surface area contributed by atoms with Crippen molar-refractivity contribution in [1.29, 1.82) is 0 Å². The predicted octanol–water partition coefficient (Wildman–Crippen LogP) is 2.70. The smallest absolute Gasteiger partial charge is 0.309 e. The van der Waals surface area contributed by atoms with Crippen molar-refractivity contribution in [2.24, 2.45) is 5.92 Å². The summed E-state index contributed by atoms with van der Waals surface area (Å²) in [6, 6.07) is 3.76. The lowest BCUT2D eigenvalue weighted by atomic mass is 9.97. The number of thioether (sulfide) groups is 1. The van der Waals surface area contributed by atoms with E-state index in [-0.39, 0.29) is 23.0 Å². The molecule has 1 aromatic heterocycles. The van der Waals surface area contributed by atoms with Crippen molar-refractivity contribution in [2.45, 2.75) is 37.7 Å². The molecule has 1 atom stereocenters. The minimum absolute atomic E-state index is 0.0601. The van der Waals surface area contributed by atoms with Crippen LogP contribution in [-0.2, 0) is 20.1 Å². The fraction of sp³-hybridized carbons (Fsp3) is 0.625. The molecule has 1 aliphatic rings. The van der Waals surface area contributed by atoms with Crippen molar-refractivity contribution < 1.29 is 18.7 Å². The second kappa shape index (κ2) is 8.27. The number of rotatable bonds is 6. The molecule has 22 heavy (non-hydrogen) atoms. The van der Waals surface area contributed by atoms with Gasteiger partial charge in [-0.05, 0) is 38.8 Å². The number of piperidine rings is 1. The maximum atomic E-state index is 12.4. The number of hydrogen-bond acceptors (Lipinski definition) is 5. The van der Waals surface area contributed by atoms with E-state index < -0.39 is 0 Å². The van der Waals surface area contributed by atoms with Gasteiger partial charge < -0.3 is 14.1 Å². The minimum atomic E-state index is -0.130. The molecule has 0 bridgehead atoms. The van der Waals surface area contributed by atoms with Gasteiger partial charge in [0.15, 0.2) is 0 Å². The van der Waals surface area contributed by atoms with Gasteiger partial charge >= 0.3 is 5.97 Å². The van der Waals surface area contributed by atoms with Crippen LogP contribution in [0, 0.1) is 5.92 Å². The number of ether oxygens (including phenoxy) is 1. The molecular weight excluding hydrogens is 302 g/mol. The Balaban J connectivity index is 1.75. The zero-order valence-corrected chi connectivity index (χ0v) is 13.9. The molecule has 1 unspecified atom stereocenters. The standard InChI is InChI=1S/C16H23NO4S/c1-3-20-16(19)13-6-8-17(9-7-13)15(18)12(2)22-11-14-5-4-10-21-14/h4-5,10,12-13H,3,6-9,11H2,1-2H3. The molecule has 1 saturated heterocycles. The molecular formula is C16H23NO4S. The van der Waals surface area contributed by atoms with Gasteiger partial charge in [0.25, 0.3) is 0 Å². The quantitative estimate of drug-likeness (QED) is 0.753. The molecule has 2 rings (SSSR count). The molecule has 5 nitrogen and oxygen atoms in total. The van der Waals surface area contributed by atoms with Gasteiger partial charge in [0.1, 0.15) is 5.76 Å². The number of likely N-dealkylation sites (tertiary alicyclic amines) is 1. The van der Waals surface area contributed by atoms with Crippen LogP contribution in [0.5, 0.6) is 0 Å². The van der Waals surface area contributed by atoms with Crippen LogP contribution in [0.4, 0.5) is 0 Å². The van der Waals surface area contributed by atoms with Gasteiger partial charge in [-0.2, -0.15) is 0 Å². The molecule has 6 heteroatoms. The largest absolute Gasteiger partial charge is 0.468 e. The molecule has 1 fully saturated rings. The van der Waals surface area contributed by atoms with E-state index in [0.29, 0.717) is 38.3 Å². The highest BCUT2D eigenvalue weighted by Gasteiger charge is 2.30. The maximum absolute atomic E-state index is 12.4. The van der Waals surface area contributed by atoms with E-state index >= 15 is 0 Å². The molecule has 0 aliphatic carbocycles. The third kappa shape index (κ3) is 4.53. The molecule has 122 valence electrons. The first-order valence-corrected chi connectivity index (χ1v) is 8.76. The first-order chi connectivity index (χ1) is 10.6. The van der Waals surface area contributed by atoms with E-state index in [9.17, 15) is 9.59 Å². The van der Waals surface area contributed by atoms with Crippen molar-refractivity contribution in [1.82, 2.24) is 4.90 Å². The summed E-state index contributed by atoms with van der Waals surface area (Å²) in [6.07, 6.45) is 3.03. The van der Waals surface area contributed by atoms with Crippen molar-refractivity contribution in [2.75, 3.05) is 19.7 Å². The zero-order valence-electron chi connectivity index (χ0n) is 13.1. The summed E-state index contributed by atoms with van der Waals surface area (Å²) in [5, 5.41) is -0.107. The number of carbonyl (C=O) groups excluding carboxylic acids is 2. The summed E-state index contributed by atoms with van der Waals surface area (Å²) in [5.74, 6) is 1.52. The van der Waals surface area contributed by atoms with Gasteiger partial charge in [-0.25, -0.2) is 0 Å². The monoisotopic (exact) mass is 325 g/mol. The normalized spacial score (nSPS) is 17.3. The minimum Gasteiger partial charge on any atom is -0.468 e. The fourth-order valence-corrected chi connectivity index (χ4v) is 3.40. The van der Waals surface area contributed by atoms with Gasteiger partial charge in [0, 0.05) is 13.1 Å². The highest BCUT2D eigenvalue weighted by molar-refractivity contribution is 7.99. The van der Waals surface area contributed by atoms with E-state index in [4.69, 9.17) is 9.15 Å². The predicted molar refractivity (Wildman–Crippen MR) is 85.4 cm³/mol. The summed E-state index contributed by atoms with van der Waals surface area (Å²) >= 11 is 1.57. The van der Waals surface area contributed by atoms with Crippen molar-refractivity contribution in [3.8, 4) is 0 Å². The number of amides is 1. The Morgan fingerprint density at radius 3 is 2.77 bits per heavy atom. The van der Waals surface area contributed by atoms with Gasteiger partial charge in [-0.15, -0.1) is 11.8 Å². The Kier molecular flexibility index (Phi) is 6.36. The lowest BCUT2D eigenvalue weighted by Crippen LogP contribution is -2.43. The topological polar surface area (TPSA) is 59.8 Å². The molecule has 0 spiro atoms. The molecule has 0 radical (unpaired) electrons. The van der Waals surface area contributed by atoms with Crippen molar-refractivity contribution in [3.05, 3.63) is 24.2 Å². The van der Waals surface area contributed by atoms with Crippen LogP contribution < -0.4 is 0 Å². The first-order valence-electron chi connectivity index (χ1n) is 7.71. The second-order valence-corrected chi connectivity index (χ2v) is 6.71. The zero-order chi connectivity index (χ0) is 15.9. The van der Waals surface area contributed by atoms with Crippen LogP contribution in [0.3, 0.4) is 0 Å². The highest BCUT2D eigenvalue weighted by Crippen LogP contribution is 2.23. The fourth-order valence-electron chi connectivity index (χ4n) is 2.53. The van der Waals surface area contributed by atoms with E-state index in [1.165, 1.54) is 0 Å². The Morgan fingerprint density at radius 1 is 1.45 bits per heavy atom.